The lowest BCUT2D eigenvalue weighted by Gasteiger charge is -2.29. The first-order valence-corrected chi connectivity index (χ1v) is 12.2. The number of methoxy groups -OCH3 is 1. The van der Waals surface area contributed by atoms with E-state index in [1.54, 1.807) is 33.2 Å². The number of nitrogens with zero attached hydrogens (tertiary/aromatic N) is 2. The number of amides is 2. The number of aromatic hydroxyl groups is 1. The number of nitrogens with two attached hydrogens (primary N) is 1. The lowest BCUT2D eigenvalue weighted by atomic mass is 9.86. The Bertz CT molecular complexity index is 1010. The van der Waals surface area contributed by atoms with Gasteiger partial charge in [-0.15, -0.1) is 0 Å². The highest BCUT2D eigenvalue weighted by molar-refractivity contribution is 6.07. The van der Waals surface area contributed by atoms with Gasteiger partial charge in [0.05, 0.1) is 19.6 Å². The molecule has 37 heavy (non-hydrogen) atoms. The molecule has 10 heteroatoms. The zero-order valence-corrected chi connectivity index (χ0v) is 21.6. The molecule has 3 atom stereocenters. The monoisotopic (exact) mass is 515 g/mol. The molecule has 0 fully saturated rings. The molecule has 0 radical (unpaired) electrons. The second-order valence-corrected chi connectivity index (χ2v) is 8.63. The number of hydrogen-bond acceptors (Lipinski definition) is 9. The van der Waals surface area contributed by atoms with Crippen LogP contribution in [0.5, 0.6) is 17.2 Å². The summed E-state index contributed by atoms with van der Waals surface area (Å²) in [6, 6.07) is 14.1. The summed E-state index contributed by atoms with van der Waals surface area (Å²) in [7, 11) is 3.20. The second-order valence-electron chi connectivity index (χ2n) is 8.63. The van der Waals surface area contributed by atoms with Crippen molar-refractivity contribution in [3.8, 4) is 17.2 Å². The molecule has 0 aliphatic carbocycles. The molecule has 0 spiro atoms. The van der Waals surface area contributed by atoms with Crippen LogP contribution in [0.1, 0.15) is 31.7 Å². The van der Waals surface area contributed by atoms with Crippen LogP contribution in [0.2, 0.25) is 0 Å². The summed E-state index contributed by atoms with van der Waals surface area (Å²) in [5, 5.41) is 18.4. The summed E-state index contributed by atoms with van der Waals surface area (Å²) in [5.41, 5.74) is 7.96. The second kappa shape index (κ2) is 15.6. The summed E-state index contributed by atoms with van der Waals surface area (Å²) >= 11 is 0. The van der Waals surface area contributed by atoms with Gasteiger partial charge in [0, 0.05) is 24.7 Å². The van der Waals surface area contributed by atoms with E-state index in [1.807, 2.05) is 24.3 Å². The summed E-state index contributed by atoms with van der Waals surface area (Å²) in [5.74, 6) is -0.444. The Labute approximate surface area is 217 Å². The van der Waals surface area contributed by atoms with Crippen molar-refractivity contribution in [1.29, 1.82) is 0 Å². The molecular weight excluding hydrogens is 478 g/mol. The number of carbonyl (C=O) groups excluding carboxylic acids is 2. The molecule has 0 saturated heterocycles. The van der Waals surface area contributed by atoms with Crippen LogP contribution in [0.4, 0.5) is 0 Å². The number of aryl methyl sites for hydroxylation is 1. The Morgan fingerprint density at radius 1 is 1.16 bits per heavy atom. The quantitative estimate of drug-likeness (QED) is 0.0772. The molecule has 202 valence electrons. The van der Waals surface area contributed by atoms with Gasteiger partial charge < -0.3 is 14.6 Å². The molecule has 0 aliphatic heterocycles. The fraction of sp³-hybridized carbons (Fsp3) is 0.444. The van der Waals surface area contributed by atoms with Crippen molar-refractivity contribution < 1.29 is 34.3 Å². The molecule has 2 amide bonds. The average Bonchev–Trinajstić information content (AvgIpc) is 2.90. The van der Waals surface area contributed by atoms with Crippen molar-refractivity contribution in [1.82, 2.24) is 4.90 Å². The van der Waals surface area contributed by atoms with Gasteiger partial charge in [-0.3, -0.25) is 30.5 Å². The molecule has 10 nitrogen and oxygen atoms in total. The number of imide groups is 1. The molecular formula is C27H37N3O7. The van der Waals surface area contributed by atoms with Crippen molar-refractivity contribution in [3.05, 3.63) is 54.1 Å². The Hall–Kier alpha value is -3.47. The molecule has 3 unspecified atom stereocenters. The minimum atomic E-state index is -0.861. The first-order chi connectivity index (χ1) is 17.8. The Balaban J connectivity index is 2.15. The number of unbranched alkanes of at least 4 members (excludes halogenated alkanes) is 1. The largest absolute Gasteiger partial charge is 0.508 e. The number of ether oxygens (including phenoxy) is 2. The molecule has 2 rings (SSSR count). The maximum absolute atomic E-state index is 13.4. The topological polar surface area (TPSA) is 144 Å². The summed E-state index contributed by atoms with van der Waals surface area (Å²) in [6.45, 7) is 1.50. The van der Waals surface area contributed by atoms with Gasteiger partial charge in [0.15, 0.2) is 6.23 Å². The molecule has 2 aromatic carbocycles. The van der Waals surface area contributed by atoms with E-state index in [-0.39, 0.29) is 18.9 Å². The van der Waals surface area contributed by atoms with E-state index < -0.39 is 24.0 Å². The van der Waals surface area contributed by atoms with Gasteiger partial charge in [0.25, 0.3) is 0 Å². The molecule has 0 bridgehead atoms. The maximum atomic E-state index is 13.4. The standard InChI is InChI=1S/C27H37N3O7/c1-19(26(28)37-23-9-6-8-21(32)17-23)25(29-2)24(27(33)30(18-31)15-16-36-34)10-5-4-7-20-11-13-22(35-3)14-12-20/h6,8-9,11-14,17-19,24,26,32,34H,4-5,7,10,15-16,28H2,1-3H3. The normalized spacial score (nSPS) is 13.9. The van der Waals surface area contributed by atoms with Gasteiger partial charge >= 0.3 is 0 Å². The van der Waals surface area contributed by atoms with E-state index in [9.17, 15) is 14.7 Å². The first kappa shape index (κ1) is 29.8. The zero-order chi connectivity index (χ0) is 27.2. The van der Waals surface area contributed by atoms with Crippen molar-refractivity contribution in [2.75, 3.05) is 27.3 Å². The van der Waals surface area contributed by atoms with Gasteiger partial charge in [0.1, 0.15) is 23.9 Å². The highest BCUT2D eigenvalue weighted by Crippen LogP contribution is 2.25. The van der Waals surface area contributed by atoms with Crippen LogP contribution in [0.3, 0.4) is 0 Å². The van der Waals surface area contributed by atoms with Gasteiger partial charge in [-0.25, -0.2) is 4.89 Å². The Morgan fingerprint density at radius 2 is 1.89 bits per heavy atom. The number of phenols is 1. The van der Waals surface area contributed by atoms with Gasteiger partial charge in [0.2, 0.25) is 12.3 Å². The summed E-state index contributed by atoms with van der Waals surface area (Å²) in [4.78, 5) is 34.5. The fourth-order valence-corrected chi connectivity index (χ4v) is 4.08. The third-order valence-corrected chi connectivity index (χ3v) is 6.16. The molecule has 2 aromatic rings. The zero-order valence-electron chi connectivity index (χ0n) is 21.6. The smallest absolute Gasteiger partial charge is 0.237 e. The lowest BCUT2D eigenvalue weighted by Crippen LogP contribution is -2.46. The van der Waals surface area contributed by atoms with Crippen LogP contribution < -0.4 is 15.2 Å². The highest BCUT2D eigenvalue weighted by atomic mass is 17.1. The number of phenolic OH excluding ortho intramolecular Hbond substituents is 1. The average molecular weight is 516 g/mol. The van der Waals surface area contributed by atoms with Crippen molar-refractivity contribution in [2.24, 2.45) is 22.6 Å². The third kappa shape index (κ3) is 9.16. The van der Waals surface area contributed by atoms with Crippen LogP contribution in [0, 0.1) is 11.8 Å². The number of carbonyl (C=O) groups is 2. The SMILES string of the molecule is CN=C(C(CCCCc1ccc(OC)cc1)C(=O)N(C=O)CCOO)C(C)C(N)Oc1cccc(O)c1. The number of benzene rings is 2. The summed E-state index contributed by atoms with van der Waals surface area (Å²) in [6.07, 6.45) is 2.33. The van der Waals surface area contributed by atoms with Crippen molar-refractivity contribution in [3.63, 3.8) is 0 Å². The number of aliphatic imine (C=N–C) groups is 1. The minimum Gasteiger partial charge on any atom is -0.508 e. The molecule has 0 aliphatic rings. The number of hydrogen-bond donors (Lipinski definition) is 3. The van der Waals surface area contributed by atoms with E-state index in [2.05, 4.69) is 9.88 Å². The van der Waals surface area contributed by atoms with E-state index in [0.717, 1.165) is 29.1 Å². The Kier molecular flexibility index (Phi) is 12.5. The molecule has 0 heterocycles. The number of rotatable bonds is 16. The van der Waals surface area contributed by atoms with E-state index >= 15 is 0 Å². The van der Waals surface area contributed by atoms with Gasteiger partial charge in [-0.2, -0.15) is 0 Å². The van der Waals surface area contributed by atoms with E-state index in [1.165, 1.54) is 12.1 Å². The van der Waals surface area contributed by atoms with Crippen LogP contribution in [-0.4, -0.2) is 66.8 Å². The molecule has 0 aromatic heterocycles. The molecule has 0 saturated carbocycles. The highest BCUT2D eigenvalue weighted by Gasteiger charge is 2.34. The minimum absolute atomic E-state index is 0.0411. The van der Waals surface area contributed by atoms with Gasteiger partial charge in [-0.05, 0) is 49.1 Å². The summed E-state index contributed by atoms with van der Waals surface area (Å²) < 4.78 is 11.0. The van der Waals surface area contributed by atoms with Gasteiger partial charge in [-0.1, -0.05) is 31.5 Å². The van der Waals surface area contributed by atoms with Crippen LogP contribution in [-0.2, 0) is 20.9 Å². The van der Waals surface area contributed by atoms with Crippen molar-refractivity contribution in [2.45, 2.75) is 38.8 Å². The lowest BCUT2D eigenvalue weighted by molar-refractivity contribution is -0.243. The van der Waals surface area contributed by atoms with E-state index in [0.29, 0.717) is 30.7 Å². The predicted octanol–water partition coefficient (Wildman–Crippen LogP) is 3.28. The Morgan fingerprint density at radius 3 is 2.49 bits per heavy atom. The van der Waals surface area contributed by atoms with E-state index in [4.69, 9.17) is 20.5 Å². The first-order valence-electron chi connectivity index (χ1n) is 12.2. The third-order valence-electron chi connectivity index (χ3n) is 6.16. The van der Waals surface area contributed by atoms with Crippen LogP contribution >= 0.6 is 0 Å². The van der Waals surface area contributed by atoms with Crippen LogP contribution in [0.25, 0.3) is 0 Å². The predicted molar refractivity (Wildman–Crippen MR) is 140 cm³/mol. The molecule has 4 N–H and O–H groups in total. The van der Waals surface area contributed by atoms with Crippen molar-refractivity contribution >= 4 is 18.0 Å². The fourth-order valence-electron chi connectivity index (χ4n) is 4.08. The van der Waals surface area contributed by atoms with Crippen LogP contribution in [0.15, 0.2) is 53.5 Å². The maximum Gasteiger partial charge on any atom is 0.237 e.